The lowest BCUT2D eigenvalue weighted by atomic mass is 10.0. The van der Waals surface area contributed by atoms with Crippen LogP contribution in [-0.4, -0.2) is 48.6 Å². The molecular weight excluding hydrogens is 244 g/mol. The smallest absolute Gasteiger partial charge is 0.247 e. The van der Waals surface area contributed by atoms with Crippen LogP contribution >= 0.6 is 0 Å². The van der Waals surface area contributed by atoms with Crippen LogP contribution in [0.4, 0.5) is 0 Å². The minimum Gasteiger partial charge on any atom is -0.381 e. The molecule has 2 saturated heterocycles. The molecule has 0 spiro atoms. The number of nitrogens with zero attached hydrogens (tertiary/aromatic N) is 1. The first-order chi connectivity index (χ1) is 9.13. The average molecular weight is 268 g/mol. The zero-order valence-electron chi connectivity index (χ0n) is 11.9. The molecule has 0 aliphatic carbocycles. The summed E-state index contributed by atoms with van der Waals surface area (Å²) in [5.74, 6) is 0.363. The van der Waals surface area contributed by atoms with Crippen LogP contribution in [0.2, 0.25) is 0 Å². The fraction of sp³-hybridized carbons (Fsp3) is 0.857. The molecule has 2 rings (SSSR count). The molecule has 1 N–H and O–H groups in total. The fourth-order valence-electron chi connectivity index (χ4n) is 2.73. The van der Waals surface area contributed by atoms with Gasteiger partial charge in [0.25, 0.3) is 0 Å². The molecule has 2 amide bonds. The number of amides is 2. The second-order valence-electron chi connectivity index (χ2n) is 5.61. The van der Waals surface area contributed by atoms with Gasteiger partial charge in [-0.2, -0.15) is 0 Å². The van der Waals surface area contributed by atoms with Crippen LogP contribution in [0.5, 0.6) is 0 Å². The van der Waals surface area contributed by atoms with Crippen LogP contribution in [0.3, 0.4) is 0 Å². The van der Waals surface area contributed by atoms with Gasteiger partial charge in [-0.1, -0.05) is 6.92 Å². The van der Waals surface area contributed by atoms with E-state index in [1.807, 2.05) is 13.8 Å². The van der Waals surface area contributed by atoms with E-state index in [2.05, 4.69) is 5.32 Å². The lowest BCUT2D eigenvalue weighted by molar-refractivity contribution is -0.141. The minimum atomic E-state index is -0.330. The molecule has 0 aromatic heterocycles. The Morgan fingerprint density at radius 3 is 2.89 bits per heavy atom. The van der Waals surface area contributed by atoms with Crippen molar-refractivity contribution in [1.82, 2.24) is 10.2 Å². The molecule has 2 heterocycles. The zero-order valence-corrected chi connectivity index (χ0v) is 11.9. The van der Waals surface area contributed by atoms with E-state index in [4.69, 9.17) is 4.74 Å². The van der Waals surface area contributed by atoms with Gasteiger partial charge in [0.05, 0.1) is 19.1 Å². The molecule has 19 heavy (non-hydrogen) atoms. The van der Waals surface area contributed by atoms with Crippen molar-refractivity contribution in [2.75, 3.05) is 19.8 Å². The Balaban J connectivity index is 1.84. The second kappa shape index (κ2) is 6.48. The highest BCUT2D eigenvalue weighted by molar-refractivity contribution is 6.05. The quantitative estimate of drug-likeness (QED) is 0.754. The van der Waals surface area contributed by atoms with E-state index < -0.39 is 0 Å². The van der Waals surface area contributed by atoms with E-state index >= 15 is 0 Å². The van der Waals surface area contributed by atoms with Crippen LogP contribution < -0.4 is 5.32 Å². The van der Waals surface area contributed by atoms with E-state index in [9.17, 15) is 9.59 Å². The van der Waals surface area contributed by atoms with Gasteiger partial charge >= 0.3 is 0 Å². The van der Waals surface area contributed by atoms with Gasteiger partial charge in [0, 0.05) is 19.2 Å². The predicted molar refractivity (Wildman–Crippen MR) is 71.6 cm³/mol. The highest BCUT2D eigenvalue weighted by Gasteiger charge is 2.40. The molecule has 2 aliphatic heterocycles. The number of hydrogen-bond acceptors (Lipinski definition) is 4. The van der Waals surface area contributed by atoms with Crippen LogP contribution in [-0.2, 0) is 14.3 Å². The van der Waals surface area contributed by atoms with Crippen LogP contribution in [0.25, 0.3) is 0 Å². The third-order valence-electron chi connectivity index (χ3n) is 4.12. The van der Waals surface area contributed by atoms with E-state index in [1.54, 1.807) is 0 Å². The third-order valence-corrected chi connectivity index (χ3v) is 4.12. The molecule has 5 nitrogen and oxygen atoms in total. The molecule has 0 saturated carbocycles. The fourth-order valence-corrected chi connectivity index (χ4v) is 2.73. The first-order valence-corrected chi connectivity index (χ1v) is 7.30. The Labute approximate surface area is 114 Å². The molecule has 0 aromatic rings. The highest BCUT2D eigenvalue weighted by atomic mass is 16.5. The normalized spacial score (nSPS) is 29.9. The van der Waals surface area contributed by atoms with Gasteiger partial charge < -0.3 is 10.1 Å². The summed E-state index contributed by atoms with van der Waals surface area (Å²) >= 11 is 0. The van der Waals surface area contributed by atoms with Crippen molar-refractivity contribution in [3.8, 4) is 0 Å². The first-order valence-electron chi connectivity index (χ1n) is 7.30. The molecule has 108 valence electrons. The number of carbonyl (C=O) groups excluding carboxylic acids is 2. The van der Waals surface area contributed by atoms with Crippen molar-refractivity contribution in [3.05, 3.63) is 0 Å². The van der Waals surface area contributed by atoms with E-state index in [-0.39, 0.29) is 23.9 Å². The molecule has 0 radical (unpaired) electrons. The standard InChI is InChI=1S/C14H24N2O3/c1-3-10(2)16-13(17)7-12(14(16)18)15-8-11-5-4-6-19-9-11/h10-12,15H,3-9H2,1-2H3. The van der Waals surface area contributed by atoms with E-state index in [0.29, 0.717) is 12.3 Å². The molecule has 3 atom stereocenters. The summed E-state index contributed by atoms with van der Waals surface area (Å²) < 4.78 is 5.42. The summed E-state index contributed by atoms with van der Waals surface area (Å²) in [5.41, 5.74) is 0. The number of hydrogen-bond donors (Lipinski definition) is 1. The van der Waals surface area contributed by atoms with Crippen LogP contribution in [0, 0.1) is 5.92 Å². The van der Waals surface area contributed by atoms with Crippen molar-refractivity contribution < 1.29 is 14.3 Å². The summed E-state index contributed by atoms with van der Waals surface area (Å²) in [6, 6.07) is -0.326. The van der Waals surface area contributed by atoms with Crippen molar-refractivity contribution >= 4 is 11.8 Å². The lowest BCUT2D eigenvalue weighted by Gasteiger charge is -2.24. The lowest BCUT2D eigenvalue weighted by Crippen LogP contribution is -2.44. The van der Waals surface area contributed by atoms with Gasteiger partial charge in [-0.25, -0.2) is 0 Å². The molecule has 5 heteroatoms. The summed E-state index contributed by atoms with van der Waals surface area (Å²) in [6.07, 6.45) is 3.33. The second-order valence-corrected chi connectivity index (χ2v) is 5.61. The Hall–Kier alpha value is -0.940. The molecule has 2 fully saturated rings. The van der Waals surface area contributed by atoms with Crippen LogP contribution in [0.1, 0.15) is 39.5 Å². The first kappa shape index (κ1) is 14.5. The topological polar surface area (TPSA) is 58.6 Å². The summed E-state index contributed by atoms with van der Waals surface area (Å²) in [5, 5.41) is 3.25. The van der Waals surface area contributed by atoms with Crippen molar-refractivity contribution in [1.29, 1.82) is 0 Å². The maximum Gasteiger partial charge on any atom is 0.247 e. The molecule has 3 unspecified atom stereocenters. The monoisotopic (exact) mass is 268 g/mol. The Kier molecular flexibility index (Phi) is 4.93. The largest absolute Gasteiger partial charge is 0.381 e. The van der Waals surface area contributed by atoms with Crippen molar-refractivity contribution in [2.24, 2.45) is 5.92 Å². The van der Waals surface area contributed by atoms with Gasteiger partial charge in [-0.15, -0.1) is 0 Å². The van der Waals surface area contributed by atoms with Gasteiger partial charge in [-0.3, -0.25) is 14.5 Å². The zero-order chi connectivity index (χ0) is 13.8. The van der Waals surface area contributed by atoms with Gasteiger partial charge in [0.1, 0.15) is 0 Å². The number of imide groups is 1. The predicted octanol–water partition coefficient (Wildman–Crippen LogP) is 0.929. The Bertz CT molecular complexity index is 340. The van der Waals surface area contributed by atoms with Crippen LogP contribution in [0.15, 0.2) is 0 Å². The molecule has 2 aliphatic rings. The number of carbonyl (C=O) groups is 2. The number of nitrogens with one attached hydrogen (secondary N) is 1. The van der Waals surface area contributed by atoms with E-state index in [1.165, 1.54) is 4.90 Å². The van der Waals surface area contributed by atoms with E-state index in [0.717, 1.165) is 39.0 Å². The number of rotatable bonds is 5. The Morgan fingerprint density at radius 2 is 2.26 bits per heavy atom. The third kappa shape index (κ3) is 3.34. The van der Waals surface area contributed by atoms with Crippen molar-refractivity contribution in [2.45, 2.75) is 51.6 Å². The minimum absolute atomic E-state index is 0.00446. The summed E-state index contributed by atoms with van der Waals surface area (Å²) in [7, 11) is 0. The number of likely N-dealkylation sites (tertiary alicyclic amines) is 1. The maximum absolute atomic E-state index is 12.2. The summed E-state index contributed by atoms with van der Waals surface area (Å²) in [6.45, 7) is 6.28. The van der Waals surface area contributed by atoms with Gasteiger partial charge in [0.2, 0.25) is 11.8 Å². The SMILES string of the molecule is CCC(C)N1C(=O)CC(NCC2CCCOC2)C1=O. The van der Waals surface area contributed by atoms with Gasteiger partial charge in [0.15, 0.2) is 0 Å². The number of ether oxygens (including phenoxy) is 1. The molecule has 0 aromatic carbocycles. The Morgan fingerprint density at radius 1 is 1.47 bits per heavy atom. The average Bonchev–Trinajstić information content (AvgIpc) is 2.71. The van der Waals surface area contributed by atoms with Crippen molar-refractivity contribution in [3.63, 3.8) is 0 Å². The maximum atomic E-state index is 12.2. The molecule has 0 bridgehead atoms. The molecular formula is C14H24N2O3. The van der Waals surface area contributed by atoms with Gasteiger partial charge in [-0.05, 0) is 32.1 Å². The summed E-state index contributed by atoms with van der Waals surface area (Å²) in [4.78, 5) is 25.5. The highest BCUT2D eigenvalue weighted by Crippen LogP contribution is 2.19.